The van der Waals surface area contributed by atoms with Gasteiger partial charge >= 0.3 is 0 Å². The van der Waals surface area contributed by atoms with Gasteiger partial charge in [0, 0.05) is 19.7 Å². The van der Waals surface area contributed by atoms with Crippen molar-refractivity contribution in [1.29, 1.82) is 0 Å². The second-order valence-corrected chi connectivity index (χ2v) is 6.03. The second kappa shape index (κ2) is 6.59. The van der Waals surface area contributed by atoms with Crippen LogP contribution in [0.2, 0.25) is 10.0 Å². The molecule has 0 bridgehead atoms. The summed E-state index contributed by atoms with van der Waals surface area (Å²) in [6, 6.07) is 8.73. The maximum Gasteiger partial charge on any atom is 0.282 e. The number of nitro groups is 1. The lowest BCUT2D eigenvalue weighted by atomic mass is 10.1. The molecule has 2 aromatic rings. The maximum atomic E-state index is 12.2. The minimum Gasteiger partial charge on any atom is -0.321 e. The van der Waals surface area contributed by atoms with Crippen LogP contribution in [0.15, 0.2) is 36.4 Å². The highest BCUT2D eigenvalue weighted by molar-refractivity contribution is 14.1. The third-order valence-electron chi connectivity index (χ3n) is 2.58. The Bertz CT molecular complexity index is 737. The molecule has 0 aromatic heterocycles. The average Bonchev–Trinajstić information content (AvgIpc) is 2.41. The summed E-state index contributed by atoms with van der Waals surface area (Å²) in [7, 11) is 0. The molecule has 0 unspecified atom stereocenters. The number of carbonyl (C=O) groups excluding carboxylic acids is 1. The van der Waals surface area contributed by atoms with Crippen LogP contribution >= 0.6 is 45.8 Å². The van der Waals surface area contributed by atoms with E-state index in [1.54, 1.807) is 18.2 Å². The number of hydrogen-bond donors (Lipinski definition) is 1. The van der Waals surface area contributed by atoms with Gasteiger partial charge in [-0.15, -0.1) is 0 Å². The Morgan fingerprint density at radius 1 is 1.14 bits per heavy atom. The van der Waals surface area contributed by atoms with E-state index in [9.17, 15) is 14.9 Å². The lowest BCUT2D eigenvalue weighted by Crippen LogP contribution is -2.14. The molecule has 5 nitrogen and oxygen atoms in total. The lowest BCUT2D eigenvalue weighted by molar-refractivity contribution is -0.385. The van der Waals surface area contributed by atoms with E-state index < -0.39 is 10.8 Å². The zero-order valence-corrected chi connectivity index (χ0v) is 13.9. The number of rotatable bonds is 3. The van der Waals surface area contributed by atoms with Crippen LogP contribution in [0.5, 0.6) is 0 Å². The monoisotopic (exact) mass is 436 g/mol. The van der Waals surface area contributed by atoms with Gasteiger partial charge in [-0.05, 0) is 52.9 Å². The van der Waals surface area contributed by atoms with E-state index in [-0.39, 0.29) is 16.3 Å². The van der Waals surface area contributed by atoms with Gasteiger partial charge in [-0.25, -0.2) is 0 Å². The van der Waals surface area contributed by atoms with Gasteiger partial charge < -0.3 is 5.32 Å². The van der Waals surface area contributed by atoms with E-state index in [2.05, 4.69) is 5.32 Å². The van der Waals surface area contributed by atoms with Gasteiger partial charge in [-0.3, -0.25) is 14.9 Å². The number of benzene rings is 2. The summed E-state index contributed by atoms with van der Waals surface area (Å²) in [6.45, 7) is 0. The summed E-state index contributed by atoms with van der Waals surface area (Å²) in [5.74, 6) is -0.607. The minimum atomic E-state index is -0.627. The number of nitro benzene ring substituents is 1. The Morgan fingerprint density at radius 2 is 1.76 bits per heavy atom. The fraction of sp³-hybridized carbons (Fsp3) is 0. The predicted octanol–water partition coefficient (Wildman–Crippen LogP) is 4.76. The molecule has 2 aromatic carbocycles. The maximum absolute atomic E-state index is 12.2. The molecule has 1 amide bonds. The Morgan fingerprint density at radius 3 is 2.38 bits per heavy atom. The number of nitrogens with zero attached hydrogens (tertiary/aromatic N) is 1. The summed E-state index contributed by atoms with van der Waals surface area (Å²) < 4.78 is 0.720. The third-order valence-corrected chi connectivity index (χ3v) is 3.94. The van der Waals surface area contributed by atoms with Crippen molar-refractivity contribution in [1.82, 2.24) is 0 Å². The van der Waals surface area contributed by atoms with E-state index in [0.717, 1.165) is 3.57 Å². The number of hydrogen-bond acceptors (Lipinski definition) is 3. The van der Waals surface area contributed by atoms with Crippen LogP contribution in [0.4, 0.5) is 11.4 Å². The van der Waals surface area contributed by atoms with Crippen molar-refractivity contribution in [3.8, 4) is 0 Å². The van der Waals surface area contributed by atoms with Gasteiger partial charge in [0.1, 0.15) is 5.56 Å². The standard InChI is InChI=1S/C13H7Cl2IN2O3/c14-7-2-4-12(18(20)21)9(5-7)13(19)17-11-3-1-8(15)6-10(11)16/h1-6H,(H,17,19). The van der Waals surface area contributed by atoms with Crippen LogP contribution in [-0.4, -0.2) is 10.8 Å². The Labute approximate surface area is 143 Å². The molecule has 0 aliphatic heterocycles. The van der Waals surface area contributed by atoms with Crippen LogP contribution in [-0.2, 0) is 0 Å². The first-order valence-corrected chi connectivity index (χ1v) is 7.42. The van der Waals surface area contributed by atoms with E-state index in [0.29, 0.717) is 10.7 Å². The molecular formula is C13H7Cl2IN2O3. The van der Waals surface area contributed by atoms with E-state index in [4.69, 9.17) is 23.2 Å². The molecule has 0 saturated heterocycles. The number of halogens is 3. The molecule has 0 radical (unpaired) electrons. The summed E-state index contributed by atoms with van der Waals surface area (Å²) >= 11 is 13.6. The summed E-state index contributed by atoms with van der Waals surface area (Å²) in [5, 5.41) is 14.4. The molecule has 0 saturated carbocycles. The fourth-order valence-corrected chi connectivity index (χ4v) is 2.81. The van der Waals surface area contributed by atoms with Crippen LogP contribution in [0.3, 0.4) is 0 Å². The molecule has 2 rings (SSSR count). The number of nitrogens with one attached hydrogen (secondary N) is 1. The molecule has 108 valence electrons. The van der Waals surface area contributed by atoms with Crippen LogP contribution in [0, 0.1) is 13.7 Å². The van der Waals surface area contributed by atoms with Gasteiger partial charge in [0.05, 0.1) is 10.6 Å². The predicted molar refractivity (Wildman–Crippen MR) is 90.2 cm³/mol. The van der Waals surface area contributed by atoms with Crippen molar-refractivity contribution >= 4 is 63.1 Å². The Hall–Kier alpha value is -1.38. The van der Waals surface area contributed by atoms with Gasteiger partial charge in [0.25, 0.3) is 11.6 Å². The molecule has 0 aliphatic rings. The SMILES string of the molecule is O=C(Nc1ccc(Cl)cc1I)c1cc(Cl)ccc1[N+](=O)[O-]. The summed E-state index contributed by atoms with van der Waals surface area (Å²) in [5.41, 5.74) is 0.110. The van der Waals surface area contributed by atoms with Crippen molar-refractivity contribution in [3.05, 3.63) is 65.7 Å². The third kappa shape index (κ3) is 3.84. The number of carbonyl (C=O) groups is 1. The topological polar surface area (TPSA) is 72.2 Å². The minimum absolute atomic E-state index is 0.0988. The molecular weight excluding hydrogens is 430 g/mol. The fourth-order valence-electron chi connectivity index (χ4n) is 1.63. The van der Waals surface area contributed by atoms with Crippen molar-refractivity contribution in [2.75, 3.05) is 5.32 Å². The molecule has 0 aliphatic carbocycles. The molecule has 0 atom stereocenters. The number of anilines is 1. The first-order chi connectivity index (χ1) is 9.88. The first kappa shape index (κ1) is 16.0. The Kier molecular flexibility index (Phi) is 5.02. The van der Waals surface area contributed by atoms with Gasteiger partial charge in [0.2, 0.25) is 0 Å². The van der Waals surface area contributed by atoms with Crippen molar-refractivity contribution in [2.45, 2.75) is 0 Å². The molecule has 1 N–H and O–H groups in total. The van der Waals surface area contributed by atoms with E-state index in [1.807, 2.05) is 22.6 Å². The average molecular weight is 437 g/mol. The lowest BCUT2D eigenvalue weighted by Gasteiger charge is -2.08. The van der Waals surface area contributed by atoms with Gasteiger partial charge in [-0.1, -0.05) is 23.2 Å². The summed E-state index contributed by atoms with van der Waals surface area (Å²) in [4.78, 5) is 22.6. The zero-order valence-electron chi connectivity index (χ0n) is 10.3. The quantitative estimate of drug-likeness (QED) is 0.428. The second-order valence-electron chi connectivity index (χ2n) is 4.00. The van der Waals surface area contributed by atoms with Crippen molar-refractivity contribution < 1.29 is 9.72 Å². The first-order valence-electron chi connectivity index (χ1n) is 5.59. The molecule has 8 heteroatoms. The van der Waals surface area contributed by atoms with Gasteiger partial charge in [-0.2, -0.15) is 0 Å². The van der Waals surface area contributed by atoms with E-state index in [1.165, 1.54) is 18.2 Å². The largest absolute Gasteiger partial charge is 0.321 e. The highest BCUT2D eigenvalue weighted by Crippen LogP contribution is 2.26. The van der Waals surface area contributed by atoms with Crippen LogP contribution < -0.4 is 5.32 Å². The molecule has 0 spiro atoms. The van der Waals surface area contributed by atoms with E-state index >= 15 is 0 Å². The normalized spacial score (nSPS) is 10.2. The number of amides is 1. The van der Waals surface area contributed by atoms with Gasteiger partial charge in [0.15, 0.2) is 0 Å². The molecule has 0 heterocycles. The van der Waals surface area contributed by atoms with Crippen molar-refractivity contribution in [3.63, 3.8) is 0 Å². The molecule has 0 fully saturated rings. The smallest absolute Gasteiger partial charge is 0.282 e. The van der Waals surface area contributed by atoms with Crippen molar-refractivity contribution in [2.24, 2.45) is 0 Å². The Balaban J connectivity index is 2.36. The van der Waals surface area contributed by atoms with Crippen LogP contribution in [0.1, 0.15) is 10.4 Å². The van der Waals surface area contributed by atoms with Crippen LogP contribution in [0.25, 0.3) is 0 Å². The zero-order chi connectivity index (χ0) is 15.6. The molecule has 21 heavy (non-hydrogen) atoms. The summed E-state index contributed by atoms with van der Waals surface area (Å²) in [6.07, 6.45) is 0. The highest BCUT2D eigenvalue weighted by Gasteiger charge is 2.21. The highest BCUT2D eigenvalue weighted by atomic mass is 127.